The second-order valence-corrected chi connectivity index (χ2v) is 5.63. The predicted molar refractivity (Wildman–Crippen MR) is 70.7 cm³/mol. The Hall–Kier alpha value is -1.30. The van der Waals surface area contributed by atoms with Crippen molar-refractivity contribution in [3.05, 3.63) is 0 Å². The molecule has 0 aromatic carbocycles. The first-order valence-electron chi connectivity index (χ1n) is 7.32. The predicted octanol–water partition coefficient (Wildman–Crippen LogP) is -0.245. The number of carbonyl (C=O) groups excluding carboxylic acids is 2. The van der Waals surface area contributed by atoms with Crippen LogP contribution in [0.2, 0.25) is 0 Å². The standard InChI is InChI=1S/C13H22N4O2/c18-12(11-2-1-5-14-11)16-7-3-10(4-8-16)17-9-6-15-13(17)19/h10-11,14H,1-9H2,(H,15,19)/t11-/m1/s1. The first kappa shape index (κ1) is 12.7. The monoisotopic (exact) mass is 266 g/mol. The van der Waals surface area contributed by atoms with Crippen LogP contribution in [0.5, 0.6) is 0 Å². The Labute approximate surface area is 113 Å². The number of rotatable bonds is 2. The van der Waals surface area contributed by atoms with Crippen molar-refractivity contribution < 1.29 is 9.59 Å². The first-order chi connectivity index (χ1) is 9.25. The molecular weight excluding hydrogens is 244 g/mol. The van der Waals surface area contributed by atoms with Crippen LogP contribution in [0.1, 0.15) is 25.7 Å². The Balaban J connectivity index is 1.51. The maximum atomic E-state index is 12.3. The van der Waals surface area contributed by atoms with E-state index in [1.54, 1.807) is 0 Å². The van der Waals surface area contributed by atoms with E-state index in [9.17, 15) is 9.59 Å². The minimum absolute atomic E-state index is 0.0339. The van der Waals surface area contributed by atoms with Gasteiger partial charge in [0.05, 0.1) is 6.04 Å². The summed E-state index contributed by atoms with van der Waals surface area (Å²) in [6, 6.07) is 0.400. The number of hydrogen-bond donors (Lipinski definition) is 2. The molecule has 1 atom stereocenters. The van der Waals surface area contributed by atoms with Crippen LogP contribution in [0.15, 0.2) is 0 Å². The molecule has 0 bridgehead atoms. The summed E-state index contributed by atoms with van der Waals surface area (Å²) in [5, 5.41) is 6.10. The van der Waals surface area contributed by atoms with Crippen LogP contribution in [0.3, 0.4) is 0 Å². The molecule has 6 heteroatoms. The Kier molecular flexibility index (Phi) is 3.59. The van der Waals surface area contributed by atoms with Crippen molar-refractivity contribution in [3.63, 3.8) is 0 Å². The smallest absolute Gasteiger partial charge is 0.317 e. The summed E-state index contributed by atoms with van der Waals surface area (Å²) < 4.78 is 0. The molecule has 0 aromatic heterocycles. The van der Waals surface area contributed by atoms with Gasteiger partial charge in [0, 0.05) is 32.2 Å². The molecule has 3 rings (SSSR count). The third kappa shape index (κ3) is 2.54. The third-order valence-electron chi connectivity index (χ3n) is 4.47. The first-order valence-corrected chi connectivity index (χ1v) is 7.32. The van der Waals surface area contributed by atoms with Gasteiger partial charge in [0.1, 0.15) is 0 Å². The second kappa shape index (κ2) is 5.36. The lowest BCUT2D eigenvalue weighted by Crippen LogP contribution is -2.51. The lowest BCUT2D eigenvalue weighted by molar-refractivity contribution is -0.134. The van der Waals surface area contributed by atoms with Gasteiger partial charge in [-0.15, -0.1) is 0 Å². The van der Waals surface area contributed by atoms with Gasteiger partial charge in [-0.1, -0.05) is 0 Å². The topological polar surface area (TPSA) is 64.7 Å². The molecule has 19 heavy (non-hydrogen) atoms. The highest BCUT2D eigenvalue weighted by Crippen LogP contribution is 2.20. The van der Waals surface area contributed by atoms with Crippen LogP contribution in [-0.2, 0) is 4.79 Å². The Morgan fingerprint density at radius 3 is 2.47 bits per heavy atom. The van der Waals surface area contributed by atoms with E-state index in [4.69, 9.17) is 0 Å². The Morgan fingerprint density at radius 2 is 1.89 bits per heavy atom. The molecule has 6 nitrogen and oxygen atoms in total. The molecule has 0 aliphatic carbocycles. The maximum absolute atomic E-state index is 12.3. The quantitative estimate of drug-likeness (QED) is 0.725. The normalized spacial score (nSPS) is 28.8. The third-order valence-corrected chi connectivity index (χ3v) is 4.47. The van der Waals surface area contributed by atoms with Crippen molar-refractivity contribution >= 4 is 11.9 Å². The molecule has 0 radical (unpaired) electrons. The van der Waals surface area contributed by atoms with E-state index < -0.39 is 0 Å². The molecule has 0 unspecified atom stereocenters. The average molecular weight is 266 g/mol. The minimum atomic E-state index is 0.0339. The number of urea groups is 1. The number of likely N-dealkylation sites (tertiary alicyclic amines) is 1. The highest BCUT2D eigenvalue weighted by Gasteiger charge is 2.34. The SMILES string of the molecule is O=C([C@H]1CCCN1)N1CCC(N2CCNC2=O)CC1. The van der Waals surface area contributed by atoms with E-state index in [1.165, 1.54) is 0 Å². The van der Waals surface area contributed by atoms with E-state index in [0.717, 1.165) is 58.4 Å². The molecule has 3 saturated heterocycles. The molecule has 2 N–H and O–H groups in total. The molecule has 3 aliphatic heterocycles. The molecule has 106 valence electrons. The second-order valence-electron chi connectivity index (χ2n) is 5.63. The van der Waals surface area contributed by atoms with Crippen molar-refractivity contribution in [2.45, 2.75) is 37.8 Å². The van der Waals surface area contributed by atoms with Crippen LogP contribution >= 0.6 is 0 Å². The molecule has 0 spiro atoms. The van der Waals surface area contributed by atoms with E-state index in [-0.39, 0.29) is 18.0 Å². The maximum Gasteiger partial charge on any atom is 0.317 e. The molecule has 3 heterocycles. The van der Waals surface area contributed by atoms with E-state index >= 15 is 0 Å². The number of nitrogens with one attached hydrogen (secondary N) is 2. The highest BCUT2D eigenvalue weighted by molar-refractivity contribution is 5.82. The zero-order valence-electron chi connectivity index (χ0n) is 11.2. The zero-order valence-corrected chi connectivity index (χ0v) is 11.2. The van der Waals surface area contributed by atoms with Crippen LogP contribution < -0.4 is 10.6 Å². The van der Waals surface area contributed by atoms with E-state index in [0.29, 0.717) is 6.04 Å². The Bertz CT molecular complexity index is 360. The van der Waals surface area contributed by atoms with Crippen molar-refractivity contribution in [1.82, 2.24) is 20.4 Å². The van der Waals surface area contributed by atoms with Crippen molar-refractivity contribution in [2.24, 2.45) is 0 Å². The van der Waals surface area contributed by atoms with Gasteiger partial charge in [-0.05, 0) is 32.2 Å². The van der Waals surface area contributed by atoms with Gasteiger partial charge in [0.2, 0.25) is 5.91 Å². The van der Waals surface area contributed by atoms with Crippen molar-refractivity contribution in [1.29, 1.82) is 0 Å². The van der Waals surface area contributed by atoms with Gasteiger partial charge in [0.15, 0.2) is 0 Å². The summed E-state index contributed by atoms with van der Waals surface area (Å²) in [4.78, 5) is 27.8. The lowest BCUT2D eigenvalue weighted by Gasteiger charge is -2.37. The summed E-state index contributed by atoms with van der Waals surface area (Å²) in [5.74, 6) is 0.252. The van der Waals surface area contributed by atoms with Crippen molar-refractivity contribution in [3.8, 4) is 0 Å². The number of hydrogen-bond acceptors (Lipinski definition) is 3. The van der Waals surface area contributed by atoms with Crippen LogP contribution in [0.4, 0.5) is 4.79 Å². The van der Waals surface area contributed by atoms with E-state index in [2.05, 4.69) is 10.6 Å². The summed E-state index contributed by atoms with van der Waals surface area (Å²) in [5.41, 5.74) is 0. The molecule has 3 amide bonds. The highest BCUT2D eigenvalue weighted by atomic mass is 16.2. The van der Waals surface area contributed by atoms with Gasteiger partial charge in [-0.3, -0.25) is 4.79 Å². The van der Waals surface area contributed by atoms with Crippen LogP contribution in [0.25, 0.3) is 0 Å². The molecule has 0 saturated carbocycles. The summed E-state index contributed by atoms with van der Waals surface area (Å²) in [7, 11) is 0. The zero-order chi connectivity index (χ0) is 13.2. The number of carbonyl (C=O) groups is 2. The average Bonchev–Trinajstić information content (AvgIpc) is 3.09. The Morgan fingerprint density at radius 1 is 1.11 bits per heavy atom. The number of nitrogens with zero attached hydrogens (tertiary/aromatic N) is 2. The van der Waals surface area contributed by atoms with Gasteiger partial charge in [-0.25, -0.2) is 4.79 Å². The fraction of sp³-hybridized carbons (Fsp3) is 0.846. The number of piperidine rings is 1. The van der Waals surface area contributed by atoms with Crippen LogP contribution in [0, 0.1) is 0 Å². The minimum Gasteiger partial charge on any atom is -0.341 e. The summed E-state index contributed by atoms with van der Waals surface area (Å²) >= 11 is 0. The molecular formula is C13H22N4O2. The van der Waals surface area contributed by atoms with Crippen LogP contribution in [-0.4, -0.2) is 66.5 Å². The lowest BCUT2D eigenvalue weighted by atomic mass is 10.0. The van der Waals surface area contributed by atoms with Gasteiger partial charge in [0.25, 0.3) is 0 Å². The van der Waals surface area contributed by atoms with Gasteiger partial charge in [-0.2, -0.15) is 0 Å². The van der Waals surface area contributed by atoms with Gasteiger partial charge >= 0.3 is 6.03 Å². The van der Waals surface area contributed by atoms with Gasteiger partial charge < -0.3 is 20.4 Å². The summed E-state index contributed by atoms with van der Waals surface area (Å²) in [6.45, 7) is 4.09. The fourth-order valence-electron chi connectivity index (χ4n) is 3.35. The fourth-order valence-corrected chi connectivity index (χ4v) is 3.35. The molecule has 0 aromatic rings. The number of amides is 3. The summed E-state index contributed by atoms with van der Waals surface area (Å²) in [6.07, 6.45) is 3.88. The molecule has 3 fully saturated rings. The van der Waals surface area contributed by atoms with Crippen molar-refractivity contribution in [2.75, 3.05) is 32.7 Å². The molecule has 3 aliphatic rings. The largest absolute Gasteiger partial charge is 0.341 e. The van der Waals surface area contributed by atoms with E-state index in [1.807, 2.05) is 9.80 Å².